The molecule has 0 spiro atoms. The molecular weight excluding hydrogens is 426 g/mol. The van der Waals surface area contributed by atoms with Gasteiger partial charge in [0, 0.05) is 0 Å². The molecule has 0 bridgehead atoms. The number of rotatable bonds is 6. The van der Waals surface area contributed by atoms with E-state index in [9.17, 15) is 14.4 Å². The lowest BCUT2D eigenvalue weighted by Gasteiger charge is -2.11. The van der Waals surface area contributed by atoms with Crippen LogP contribution in [0.1, 0.15) is 21.5 Å². The molecule has 1 aliphatic heterocycles. The first-order valence-electron chi connectivity index (χ1n) is 8.72. The minimum atomic E-state index is -1.14. The van der Waals surface area contributed by atoms with Crippen molar-refractivity contribution in [1.29, 1.82) is 0 Å². The van der Waals surface area contributed by atoms with Gasteiger partial charge in [-0.15, -0.1) is 0 Å². The van der Waals surface area contributed by atoms with Gasteiger partial charge in [-0.3, -0.25) is 14.5 Å². The van der Waals surface area contributed by atoms with Crippen molar-refractivity contribution >= 4 is 52.2 Å². The third-order valence-electron chi connectivity index (χ3n) is 4.11. The van der Waals surface area contributed by atoms with Crippen LogP contribution in [0.3, 0.4) is 0 Å². The number of benzene rings is 2. The molecule has 0 unspecified atom stereocenters. The molecule has 2 aromatic carbocycles. The number of carbonyl (C=O) groups excluding carboxylic acids is 2. The zero-order chi connectivity index (χ0) is 21.8. The molecule has 1 aliphatic rings. The number of aryl methyl sites for hydroxylation is 1. The van der Waals surface area contributed by atoms with Gasteiger partial charge < -0.3 is 14.6 Å². The van der Waals surface area contributed by atoms with Gasteiger partial charge in [0.15, 0.2) is 11.5 Å². The average Bonchev–Trinajstić information content (AvgIpc) is 2.96. The van der Waals surface area contributed by atoms with E-state index in [0.717, 1.165) is 22.2 Å². The molecular formula is C21H17NO6S2. The number of aliphatic carboxylic acids is 1. The Labute approximate surface area is 182 Å². The molecule has 2 aromatic rings. The van der Waals surface area contributed by atoms with Crippen molar-refractivity contribution < 1.29 is 29.0 Å². The Morgan fingerprint density at radius 1 is 1.20 bits per heavy atom. The second-order valence-corrected chi connectivity index (χ2v) is 8.01. The zero-order valence-corrected chi connectivity index (χ0v) is 17.7. The quantitative estimate of drug-likeness (QED) is 0.314. The number of thiocarbonyl (C=S) groups is 1. The summed E-state index contributed by atoms with van der Waals surface area (Å²) in [6.45, 7) is 1.39. The van der Waals surface area contributed by atoms with Gasteiger partial charge in [0.2, 0.25) is 0 Å². The number of carboxylic acids is 1. The number of esters is 1. The van der Waals surface area contributed by atoms with Crippen LogP contribution >= 0.6 is 24.0 Å². The summed E-state index contributed by atoms with van der Waals surface area (Å²) in [5, 5.41) is 8.91. The van der Waals surface area contributed by atoms with Crippen LogP contribution in [0.5, 0.6) is 11.5 Å². The average molecular weight is 444 g/mol. The molecule has 1 heterocycles. The van der Waals surface area contributed by atoms with Crippen LogP contribution in [-0.4, -0.2) is 45.8 Å². The monoisotopic (exact) mass is 443 g/mol. The predicted octanol–water partition coefficient (Wildman–Crippen LogP) is 3.51. The Bertz CT molecular complexity index is 1080. The lowest BCUT2D eigenvalue weighted by Crippen LogP contribution is -2.33. The standard InChI is InChI=1S/C21H17NO6S2/c1-12-4-3-5-14(8-12)20(26)28-15-7-6-13(9-16(15)27-2)10-17-19(25)22(11-18(23)24)21(29)30-17/h3-10H,11H2,1-2H3,(H,23,24). The minimum Gasteiger partial charge on any atom is -0.493 e. The van der Waals surface area contributed by atoms with Crippen LogP contribution in [0.4, 0.5) is 0 Å². The van der Waals surface area contributed by atoms with E-state index in [1.54, 1.807) is 42.5 Å². The van der Waals surface area contributed by atoms with Crippen LogP contribution in [0.2, 0.25) is 0 Å². The number of carbonyl (C=O) groups is 3. The summed E-state index contributed by atoms with van der Waals surface area (Å²) in [5.74, 6) is -1.58. The maximum atomic E-state index is 12.4. The molecule has 1 N–H and O–H groups in total. The highest BCUT2D eigenvalue weighted by atomic mass is 32.2. The van der Waals surface area contributed by atoms with Gasteiger partial charge in [-0.05, 0) is 42.8 Å². The van der Waals surface area contributed by atoms with Crippen molar-refractivity contribution in [2.45, 2.75) is 6.92 Å². The highest BCUT2D eigenvalue weighted by molar-refractivity contribution is 8.26. The summed E-state index contributed by atoms with van der Waals surface area (Å²) >= 11 is 6.11. The van der Waals surface area contributed by atoms with Gasteiger partial charge in [-0.1, -0.05) is 47.7 Å². The SMILES string of the molecule is COc1cc(C=C2SC(=S)N(CC(=O)O)C2=O)ccc1OC(=O)c1cccc(C)c1. The summed E-state index contributed by atoms with van der Waals surface area (Å²) < 4.78 is 11.0. The van der Waals surface area contributed by atoms with E-state index in [2.05, 4.69) is 0 Å². The fourth-order valence-corrected chi connectivity index (χ4v) is 3.97. The van der Waals surface area contributed by atoms with E-state index in [4.69, 9.17) is 26.8 Å². The molecule has 30 heavy (non-hydrogen) atoms. The van der Waals surface area contributed by atoms with Crippen LogP contribution in [0.25, 0.3) is 6.08 Å². The fraction of sp³-hybridized carbons (Fsp3) is 0.143. The van der Waals surface area contributed by atoms with Crippen molar-refractivity contribution in [2.75, 3.05) is 13.7 Å². The van der Waals surface area contributed by atoms with E-state index in [-0.39, 0.29) is 10.1 Å². The molecule has 1 fully saturated rings. The van der Waals surface area contributed by atoms with Gasteiger partial charge in [0.25, 0.3) is 5.91 Å². The number of hydrogen-bond donors (Lipinski definition) is 1. The lowest BCUT2D eigenvalue weighted by atomic mass is 10.1. The zero-order valence-electron chi connectivity index (χ0n) is 16.1. The number of thioether (sulfide) groups is 1. The molecule has 0 atom stereocenters. The smallest absolute Gasteiger partial charge is 0.343 e. The van der Waals surface area contributed by atoms with Crippen molar-refractivity contribution in [2.24, 2.45) is 0 Å². The van der Waals surface area contributed by atoms with Gasteiger partial charge in [0.1, 0.15) is 10.9 Å². The van der Waals surface area contributed by atoms with E-state index in [0.29, 0.717) is 21.8 Å². The van der Waals surface area contributed by atoms with Crippen molar-refractivity contribution in [3.8, 4) is 11.5 Å². The largest absolute Gasteiger partial charge is 0.493 e. The number of amides is 1. The van der Waals surface area contributed by atoms with Crippen LogP contribution in [-0.2, 0) is 9.59 Å². The lowest BCUT2D eigenvalue weighted by molar-refractivity contribution is -0.140. The fourth-order valence-electron chi connectivity index (χ4n) is 2.71. The third-order valence-corrected chi connectivity index (χ3v) is 5.49. The summed E-state index contributed by atoms with van der Waals surface area (Å²) in [6.07, 6.45) is 1.58. The first-order valence-corrected chi connectivity index (χ1v) is 9.95. The normalized spacial score (nSPS) is 14.9. The highest BCUT2D eigenvalue weighted by Crippen LogP contribution is 2.34. The second kappa shape index (κ2) is 9.10. The van der Waals surface area contributed by atoms with Gasteiger partial charge in [-0.25, -0.2) is 4.79 Å². The third kappa shape index (κ3) is 4.87. The first kappa shape index (κ1) is 21.5. The van der Waals surface area contributed by atoms with Crippen molar-refractivity contribution in [1.82, 2.24) is 4.90 Å². The van der Waals surface area contributed by atoms with E-state index in [1.807, 2.05) is 13.0 Å². The van der Waals surface area contributed by atoms with E-state index >= 15 is 0 Å². The van der Waals surface area contributed by atoms with Crippen molar-refractivity contribution in [3.05, 3.63) is 64.1 Å². The molecule has 1 saturated heterocycles. The molecule has 3 rings (SSSR count). The molecule has 0 aliphatic carbocycles. The number of methoxy groups -OCH3 is 1. The number of hydrogen-bond acceptors (Lipinski definition) is 7. The summed E-state index contributed by atoms with van der Waals surface area (Å²) in [6, 6.07) is 11.9. The Kier molecular flexibility index (Phi) is 6.53. The molecule has 154 valence electrons. The molecule has 0 aromatic heterocycles. The maximum absolute atomic E-state index is 12.4. The van der Waals surface area contributed by atoms with Gasteiger partial charge >= 0.3 is 11.9 Å². The summed E-state index contributed by atoms with van der Waals surface area (Å²) in [5.41, 5.74) is 1.97. The summed E-state index contributed by atoms with van der Waals surface area (Å²) in [4.78, 5) is 37.0. The molecule has 7 nitrogen and oxygen atoms in total. The molecule has 9 heteroatoms. The highest BCUT2D eigenvalue weighted by Gasteiger charge is 2.33. The van der Waals surface area contributed by atoms with Gasteiger partial charge in [0.05, 0.1) is 17.6 Å². The van der Waals surface area contributed by atoms with Crippen LogP contribution in [0, 0.1) is 6.92 Å². The molecule has 0 radical (unpaired) electrons. The van der Waals surface area contributed by atoms with Crippen LogP contribution in [0.15, 0.2) is 47.4 Å². The predicted molar refractivity (Wildman–Crippen MR) is 117 cm³/mol. The molecule has 0 saturated carbocycles. The maximum Gasteiger partial charge on any atom is 0.343 e. The molecule has 1 amide bonds. The second-order valence-electron chi connectivity index (χ2n) is 6.33. The Balaban J connectivity index is 1.81. The Hall–Kier alpha value is -3.17. The number of nitrogens with zero attached hydrogens (tertiary/aromatic N) is 1. The van der Waals surface area contributed by atoms with E-state index < -0.39 is 24.4 Å². The van der Waals surface area contributed by atoms with Gasteiger partial charge in [-0.2, -0.15) is 0 Å². The van der Waals surface area contributed by atoms with Crippen molar-refractivity contribution in [3.63, 3.8) is 0 Å². The first-order chi connectivity index (χ1) is 14.3. The number of carboxylic acid groups (broad SMARTS) is 1. The minimum absolute atomic E-state index is 0.185. The van der Waals surface area contributed by atoms with E-state index in [1.165, 1.54) is 7.11 Å². The summed E-state index contributed by atoms with van der Waals surface area (Å²) in [7, 11) is 1.44. The van der Waals surface area contributed by atoms with Crippen LogP contribution < -0.4 is 9.47 Å². The Morgan fingerprint density at radius 3 is 2.63 bits per heavy atom. The topological polar surface area (TPSA) is 93.1 Å². The number of ether oxygens (including phenoxy) is 2. The Morgan fingerprint density at radius 2 is 1.97 bits per heavy atom.